The Kier molecular flexibility index (Phi) is 3.46. The minimum Gasteiger partial charge on any atom is -0.339 e. The molecule has 4 aromatic rings. The van der Waals surface area contributed by atoms with Gasteiger partial charge in [0.05, 0.1) is 18.1 Å². The van der Waals surface area contributed by atoms with E-state index in [9.17, 15) is 0 Å². The second kappa shape index (κ2) is 5.77. The third-order valence-electron chi connectivity index (χ3n) is 3.77. The number of rotatable bonds is 3. The van der Waals surface area contributed by atoms with Gasteiger partial charge in [-0.25, -0.2) is 14.6 Å². The lowest BCUT2D eigenvalue weighted by atomic mass is 10.1. The molecule has 2 aromatic carbocycles. The molecule has 118 valence electrons. The summed E-state index contributed by atoms with van der Waals surface area (Å²) < 4.78 is 1.79. The Labute approximate surface area is 140 Å². The molecule has 0 aliphatic carbocycles. The van der Waals surface area contributed by atoms with Crippen LogP contribution in [0, 0.1) is 13.8 Å². The Hall–Kier alpha value is -3.21. The van der Waals surface area contributed by atoms with Crippen LogP contribution >= 0.6 is 0 Å². The average molecular weight is 315 g/mol. The molecule has 1 N–H and O–H groups in total. The second-order valence-corrected chi connectivity index (χ2v) is 5.86. The molecule has 0 aliphatic rings. The molecule has 5 heteroatoms. The van der Waals surface area contributed by atoms with Gasteiger partial charge in [-0.2, -0.15) is 5.10 Å². The number of nitrogens with zero attached hydrogens (tertiary/aromatic N) is 4. The maximum Gasteiger partial charge on any atom is 0.181 e. The normalized spacial score (nSPS) is 10.9. The second-order valence-electron chi connectivity index (χ2n) is 5.86. The zero-order chi connectivity index (χ0) is 16.5. The van der Waals surface area contributed by atoms with Crippen molar-refractivity contribution in [3.8, 4) is 5.69 Å². The monoisotopic (exact) mass is 315 g/mol. The van der Waals surface area contributed by atoms with E-state index in [2.05, 4.69) is 52.4 Å². The lowest BCUT2D eigenvalue weighted by Gasteiger charge is -2.08. The Morgan fingerprint density at radius 3 is 2.42 bits per heavy atom. The van der Waals surface area contributed by atoms with Gasteiger partial charge in [-0.3, -0.25) is 0 Å². The molecule has 0 aliphatic heterocycles. The van der Waals surface area contributed by atoms with Crippen LogP contribution in [-0.2, 0) is 0 Å². The van der Waals surface area contributed by atoms with Crippen molar-refractivity contribution in [3.63, 3.8) is 0 Å². The van der Waals surface area contributed by atoms with Crippen LogP contribution < -0.4 is 5.32 Å². The van der Waals surface area contributed by atoms with Gasteiger partial charge in [0.25, 0.3) is 0 Å². The summed E-state index contributed by atoms with van der Waals surface area (Å²) >= 11 is 0. The first-order chi connectivity index (χ1) is 11.7. The number of benzene rings is 2. The van der Waals surface area contributed by atoms with Gasteiger partial charge >= 0.3 is 0 Å². The van der Waals surface area contributed by atoms with Crippen LogP contribution in [0.4, 0.5) is 11.5 Å². The molecule has 4 rings (SSSR count). The van der Waals surface area contributed by atoms with Gasteiger partial charge < -0.3 is 5.32 Å². The number of fused-ring (bicyclic) bond motifs is 1. The van der Waals surface area contributed by atoms with E-state index in [1.165, 1.54) is 11.1 Å². The van der Waals surface area contributed by atoms with E-state index in [1.54, 1.807) is 17.1 Å². The molecule has 0 saturated carbocycles. The van der Waals surface area contributed by atoms with Crippen molar-refractivity contribution in [1.29, 1.82) is 0 Å². The summed E-state index contributed by atoms with van der Waals surface area (Å²) in [6, 6.07) is 16.2. The van der Waals surface area contributed by atoms with Gasteiger partial charge in [-0.05, 0) is 49.2 Å². The molecule has 0 spiro atoms. The average Bonchev–Trinajstić information content (AvgIpc) is 2.98. The van der Waals surface area contributed by atoms with Gasteiger partial charge in [0.1, 0.15) is 11.3 Å². The zero-order valence-corrected chi connectivity index (χ0v) is 13.6. The quantitative estimate of drug-likeness (QED) is 0.616. The van der Waals surface area contributed by atoms with Crippen LogP contribution in [0.5, 0.6) is 0 Å². The number of aromatic nitrogens is 4. The fraction of sp³-hybridized carbons (Fsp3) is 0.105. The third kappa shape index (κ3) is 2.72. The van der Waals surface area contributed by atoms with Crippen molar-refractivity contribution in [2.45, 2.75) is 13.8 Å². The summed E-state index contributed by atoms with van der Waals surface area (Å²) in [6.45, 7) is 4.16. The predicted molar refractivity (Wildman–Crippen MR) is 95.9 cm³/mol. The first-order valence-electron chi connectivity index (χ1n) is 7.80. The van der Waals surface area contributed by atoms with Crippen LogP contribution in [0.2, 0.25) is 0 Å². The summed E-state index contributed by atoms with van der Waals surface area (Å²) in [4.78, 5) is 9.15. The van der Waals surface area contributed by atoms with Crippen molar-refractivity contribution >= 4 is 22.7 Å². The van der Waals surface area contributed by atoms with Gasteiger partial charge in [0, 0.05) is 5.69 Å². The highest BCUT2D eigenvalue weighted by atomic mass is 15.3. The maximum atomic E-state index is 4.62. The van der Waals surface area contributed by atoms with Crippen LogP contribution in [0.15, 0.2) is 60.9 Å². The number of hydrogen-bond donors (Lipinski definition) is 1. The molecule has 0 saturated heterocycles. The Morgan fingerprint density at radius 1 is 0.917 bits per heavy atom. The third-order valence-corrected chi connectivity index (χ3v) is 3.77. The SMILES string of the molecule is Cc1cc(C)cc(Nc2cnc3c(cnn3-c3ccccc3)n2)c1. The van der Waals surface area contributed by atoms with Crippen molar-refractivity contribution in [2.24, 2.45) is 0 Å². The molecule has 0 unspecified atom stereocenters. The molecule has 0 radical (unpaired) electrons. The molecule has 2 aromatic heterocycles. The Bertz CT molecular complexity index is 985. The standard InChI is InChI=1S/C19H17N5/c1-13-8-14(2)10-15(9-13)22-18-12-20-19-17(23-18)11-21-24(19)16-6-4-3-5-7-16/h3-12H,1-2H3,(H,22,23). The van der Waals surface area contributed by atoms with E-state index >= 15 is 0 Å². The topological polar surface area (TPSA) is 55.6 Å². The highest BCUT2D eigenvalue weighted by molar-refractivity contribution is 5.74. The molecule has 0 fully saturated rings. The molecule has 2 heterocycles. The van der Waals surface area contributed by atoms with Crippen molar-refractivity contribution < 1.29 is 0 Å². The van der Waals surface area contributed by atoms with Crippen molar-refractivity contribution in [2.75, 3.05) is 5.32 Å². The van der Waals surface area contributed by atoms with Gasteiger partial charge in [0.2, 0.25) is 0 Å². The first-order valence-corrected chi connectivity index (χ1v) is 7.80. The van der Waals surface area contributed by atoms with Crippen molar-refractivity contribution in [1.82, 2.24) is 19.7 Å². The van der Waals surface area contributed by atoms with Crippen molar-refractivity contribution in [3.05, 3.63) is 72.1 Å². The van der Waals surface area contributed by atoms with E-state index in [0.717, 1.165) is 22.5 Å². The molecule has 24 heavy (non-hydrogen) atoms. The van der Waals surface area contributed by atoms with Gasteiger partial charge in [-0.1, -0.05) is 24.3 Å². The van der Waals surface area contributed by atoms with Crippen LogP contribution in [0.3, 0.4) is 0 Å². The van der Waals surface area contributed by atoms with Crippen LogP contribution in [-0.4, -0.2) is 19.7 Å². The fourth-order valence-corrected chi connectivity index (χ4v) is 2.83. The molecule has 0 bridgehead atoms. The van der Waals surface area contributed by atoms with E-state index in [1.807, 2.05) is 30.3 Å². The van der Waals surface area contributed by atoms with Crippen LogP contribution in [0.1, 0.15) is 11.1 Å². The van der Waals surface area contributed by atoms with E-state index in [0.29, 0.717) is 5.82 Å². The molecule has 0 amide bonds. The lowest BCUT2D eigenvalue weighted by Crippen LogP contribution is -1.99. The number of para-hydroxylation sites is 1. The van der Waals surface area contributed by atoms with E-state index < -0.39 is 0 Å². The van der Waals surface area contributed by atoms with E-state index in [-0.39, 0.29) is 0 Å². The summed E-state index contributed by atoms with van der Waals surface area (Å²) in [5, 5.41) is 7.72. The summed E-state index contributed by atoms with van der Waals surface area (Å²) in [6.07, 6.45) is 3.48. The smallest absolute Gasteiger partial charge is 0.181 e. The maximum absolute atomic E-state index is 4.62. The Morgan fingerprint density at radius 2 is 1.67 bits per heavy atom. The lowest BCUT2D eigenvalue weighted by molar-refractivity contribution is 0.897. The highest BCUT2D eigenvalue weighted by Crippen LogP contribution is 2.20. The molecule has 0 atom stereocenters. The highest BCUT2D eigenvalue weighted by Gasteiger charge is 2.08. The van der Waals surface area contributed by atoms with Crippen LogP contribution in [0.25, 0.3) is 16.9 Å². The molecule has 5 nitrogen and oxygen atoms in total. The molecular weight excluding hydrogens is 298 g/mol. The summed E-state index contributed by atoms with van der Waals surface area (Å²) in [5.74, 6) is 0.708. The minimum absolute atomic E-state index is 0.708. The first kappa shape index (κ1) is 14.4. The predicted octanol–water partition coefficient (Wildman–Crippen LogP) is 4.18. The summed E-state index contributed by atoms with van der Waals surface area (Å²) in [5.41, 5.74) is 5.90. The van der Waals surface area contributed by atoms with Gasteiger partial charge in [0.15, 0.2) is 5.65 Å². The summed E-state index contributed by atoms with van der Waals surface area (Å²) in [7, 11) is 0. The number of aryl methyl sites for hydroxylation is 2. The number of anilines is 2. The minimum atomic E-state index is 0.708. The largest absolute Gasteiger partial charge is 0.339 e. The fourth-order valence-electron chi connectivity index (χ4n) is 2.83. The van der Waals surface area contributed by atoms with Gasteiger partial charge in [-0.15, -0.1) is 0 Å². The molecular formula is C19H17N5. The Balaban J connectivity index is 1.69. The van der Waals surface area contributed by atoms with E-state index in [4.69, 9.17) is 0 Å². The number of nitrogens with one attached hydrogen (secondary N) is 1. The number of hydrogen-bond acceptors (Lipinski definition) is 4. The zero-order valence-electron chi connectivity index (χ0n) is 13.6.